The van der Waals surface area contributed by atoms with Crippen LogP contribution in [0.4, 0.5) is 0 Å². The molecular formula is C19H22N2OS. The predicted molar refractivity (Wildman–Crippen MR) is 94.7 cm³/mol. The summed E-state index contributed by atoms with van der Waals surface area (Å²) in [5.74, 6) is 1.15. The van der Waals surface area contributed by atoms with Gasteiger partial charge in [0.05, 0.1) is 11.1 Å². The maximum absolute atomic E-state index is 12.9. The molecule has 3 rings (SSSR count). The second kappa shape index (κ2) is 7.64. The first kappa shape index (κ1) is 16.1. The van der Waals surface area contributed by atoms with Gasteiger partial charge in [0.2, 0.25) is 0 Å². The van der Waals surface area contributed by atoms with Crippen molar-refractivity contribution in [2.24, 2.45) is 0 Å². The summed E-state index contributed by atoms with van der Waals surface area (Å²) in [5.41, 5.74) is 1.92. The molecule has 1 aliphatic heterocycles. The summed E-state index contributed by atoms with van der Waals surface area (Å²) < 4.78 is 0. The van der Waals surface area contributed by atoms with E-state index in [0.29, 0.717) is 0 Å². The number of hydrogen-bond acceptors (Lipinski definition) is 3. The van der Waals surface area contributed by atoms with Crippen LogP contribution in [0.15, 0.2) is 53.7 Å². The number of carbonyl (C=O) groups is 1. The fourth-order valence-electron chi connectivity index (χ4n) is 3.09. The van der Waals surface area contributed by atoms with Crippen molar-refractivity contribution in [1.82, 2.24) is 9.88 Å². The standard InChI is InChI=1S/C19H22N2OS/c1-2-23-18-12-11-16(14-20-18)17-10-6-7-13-21(17)19(22)15-8-4-3-5-9-15/h3-5,8-9,11-12,14,17H,2,6-7,10,13H2,1H3/t17-/m1/s1. The fourth-order valence-corrected chi connectivity index (χ4v) is 3.68. The molecule has 1 aromatic carbocycles. The molecule has 1 aromatic heterocycles. The van der Waals surface area contributed by atoms with Gasteiger partial charge in [-0.1, -0.05) is 31.2 Å². The molecule has 2 heterocycles. The molecule has 0 spiro atoms. The molecular weight excluding hydrogens is 304 g/mol. The summed E-state index contributed by atoms with van der Waals surface area (Å²) in [6.45, 7) is 2.95. The number of piperidine rings is 1. The average Bonchev–Trinajstić information content (AvgIpc) is 2.63. The highest BCUT2D eigenvalue weighted by Crippen LogP contribution is 2.32. The van der Waals surface area contributed by atoms with Crippen LogP contribution in [0, 0.1) is 0 Å². The summed E-state index contributed by atoms with van der Waals surface area (Å²) in [7, 11) is 0. The van der Waals surface area contributed by atoms with E-state index in [9.17, 15) is 4.79 Å². The number of likely N-dealkylation sites (tertiary alicyclic amines) is 1. The largest absolute Gasteiger partial charge is 0.332 e. The van der Waals surface area contributed by atoms with Gasteiger partial charge >= 0.3 is 0 Å². The molecule has 1 saturated heterocycles. The number of hydrogen-bond donors (Lipinski definition) is 0. The molecule has 0 saturated carbocycles. The van der Waals surface area contributed by atoms with Crippen LogP contribution in [0.3, 0.4) is 0 Å². The molecule has 0 N–H and O–H groups in total. The predicted octanol–water partition coefficient (Wildman–Crippen LogP) is 4.56. The van der Waals surface area contributed by atoms with Crippen LogP contribution >= 0.6 is 11.8 Å². The Bertz CT molecular complexity index is 642. The summed E-state index contributed by atoms with van der Waals surface area (Å²) in [6, 6.07) is 13.9. The van der Waals surface area contributed by atoms with Crippen LogP contribution in [0.2, 0.25) is 0 Å². The minimum absolute atomic E-state index is 0.127. The lowest BCUT2D eigenvalue weighted by Crippen LogP contribution is -2.38. The molecule has 120 valence electrons. The zero-order valence-electron chi connectivity index (χ0n) is 13.4. The molecule has 1 amide bonds. The smallest absolute Gasteiger partial charge is 0.254 e. The Hall–Kier alpha value is -1.81. The highest BCUT2D eigenvalue weighted by molar-refractivity contribution is 7.99. The van der Waals surface area contributed by atoms with Crippen LogP contribution in [0.1, 0.15) is 48.1 Å². The summed E-state index contributed by atoms with van der Waals surface area (Å²) in [5, 5.41) is 1.05. The first-order valence-electron chi connectivity index (χ1n) is 8.24. The maximum atomic E-state index is 12.9. The van der Waals surface area contributed by atoms with Gasteiger partial charge in [0, 0.05) is 18.3 Å². The monoisotopic (exact) mass is 326 g/mol. The van der Waals surface area contributed by atoms with E-state index in [1.54, 1.807) is 11.8 Å². The molecule has 4 heteroatoms. The van der Waals surface area contributed by atoms with E-state index in [-0.39, 0.29) is 11.9 Å². The van der Waals surface area contributed by atoms with Gasteiger partial charge in [-0.3, -0.25) is 4.79 Å². The summed E-state index contributed by atoms with van der Waals surface area (Å²) in [6.07, 6.45) is 5.20. The molecule has 0 radical (unpaired) electrons. The lowest BCUT2D eigenvalue weighted by atomic mass is 9.95. The number of pyridine rings is 1. The van der Waals surface area contributed by atoms with Gasteiger partial charge in [-0.2, -0.15) is 0 Å². The number of nitrogens with zero attached hydrogens (tertiary/aromatic N) is 2. The molecule has 1 fully saturated rings. The normalized spacial score (nSPS) is 18.0. The summed E-state index contributed by atoms with van der Waals surface area (Å²) >= 11 is 1.74. The van der Waals surface area contributed by atoms with Crippen LogP contribution in [-0.4, -0.2) is 28.1 Å². The van der Waals surface area contributed by atoms with Crippen molar-refractivity contribution in [3.8, 4) is 0 Å². The third kappa shape index (κ3) is 3.75. The number of aromatic nitrogens is 1. The van der Waals surface area contributed by atoms with Crippen LogP contribution in [0.5, 0.6) is 0 Å². The molecule has 0 aliphatic carbocycles. The quantitative estimate of drug-likeness (QED) is 0.772. The number of carbonyl (C=O) groups excluding carboxylic acids is 1. The molecule has 0 unspecified atom stereocenters. The molecule has 3 nitrogen and oxygen atoms in total. The molecule has 23 heavy (non-hydrogen) atoms. The van der Waals surface area contributed by atoms with Gasteiger partial charge in [-0.05, 0) is 48.8 Å². The fraction of sp³-hybridized carbons (Fsp3) is 0.368. The van der Waals surface area contributed by atoms with E-state index in [2.05, 4.69) is 24.0 Å². The first-order valence-corrected chi connectivity index (χ1v) is 9.23. The first-order chi connectivity index (χ1) is 11.3. The molecule has 1 atom stereocenters. The van der Waals surface area contributed by atoms with E-state index in [1.807, 2.05) is 41.4 Å². The van der Waals surface area contributed by atoms with Crippen molar-refractivity contribution in [3.63, 3.8) is 0 Å². The van der Waals surface area contributed by atoms with Crippen LogP contribution in [0.25, 0.3) is 0 Å². The zero-order valence-corrected chi connectivity index (χ0v) is 14.3. The van der Waals surface area contributed by atoms with E-state index < -0.39 is 0 Å². The van der Waals surface area contributed by atoms with Gasteiger partial charge < -0.3 is 4.90 Å². The molecule has 2 aromatic rings. The maximum Gasteiger partial charge on any atom is 0.254 e. The van der Waals surface area contributed by atoms with Crippen molar-refractivity contribution < 1.29 is 4.79 Å². The lowest BCUT2D eigenvalue weighted by Gasteiger charge is -2.36. The Balaban J connectivity index is 1.82. The van der Waals surface area contributed by atoms with Gasteiger partial charge in [-0.25, -0.2) is 4.98 Å². The Morgan fingerprint density at radius 2 is 2.04 bits per heavy atom. The Kier molecular flexibility index (Phi) is 5.34. The van der Waals surface area contributed by atoms with Crippen molar-refractivity contribution in [2.45, 2.75) is 37.3 Å². The van der Waals surface area contributed by atoms with Crippen molar-refractivity contribution in [1.29, 1.82) is 0 Å². The van der Waals surface area contributed by atoms with Gasteiger partial charge in [0.15, 0.2) is 0 Å². The highest BCUT2D eigenvalue weighted by Gasteiger charge is 2.28. The van der Waals surface area contributed by atoms with Crippen molar-refractivity contribution >= 4 is 17.7 Å². The zero-order chi connectivity index (χ0) is 16.1. The number of rotatable bonds is 4. The second-order valence-electron chi connectivity index (χ2n) is 5.74. The van der Waals surface area contributed by atoms with E-state index in [1.165, 1.54) is 0 Å². The molecule has 0 bridgehead atoms. The van der Waals surface area contributed by atoms with Crippen molar-refractivity contribution in [3.05, 3.63) is 59.8 Å². The van der Waals surface area contributed by atoms with E-state index in [4.69, 9.17) is 0 Å². The highest BCUT2D eigenvalue weighted by atomic mass is 32.2. The Labute approximate surface area is 142 Å². The van der Waals surface area contributed by atoms with Crippen LogP contribution < -0.4 is 0 Å². The minimum Gasteiger partial charge on any atom is -0.332 e. The van der Waals surface area contributed by atoms with E-state index >= 15 is 0 Å². The van der Waals surface area contributed by atoms with Gasteiger partial charge in [-0.15, -0.1) is 11.8 Å². The van der Waals surface area contributed by atoms with Crippen molar-refractivity contribution in [2.75, 3.05) is 12.3 Å². The Morgan fingerprint density at radius 3 is 2.74 bits per heavy atom. The summed E-state index contributed by atoms with van der Waals surface area (Å²) in [4.78, 5) is 19.4. The third-order valence-electron chi connectivity index (χ3n) is 4.22. The number of benzene rings is 1. The topological polar surface area (TPSA) is 33.2 Å². The van der Waals surface area contributed by atoms with Crippen LogP contribution in [-0.2, 0) is 0 Å². The SMILES string of the molecule is CCSc1ccc([C@H]2CCCCN2C(=O)c2ccccc2)cn1. The lowest BCUT2D eigenvalue weighted by molar-refractivity contribution is 0.0611. The number of thioether (sulfide) groups is 1. The van der Waals surface area contributed by atoms with Gasteiger partial charge in [0.25, 0.3) is 5.91 Å². The average molecular weight is 326 g/mol. The van der Waals surface area contributed by atoms with Gasteiger partial charge in [0.1, 0.15) is 0 Å². The molecule has 1 aliphatic rings. The second-order valence-corrected chi connectivity index (χ2v) is 7.02. The number of amides is 1. The van der Waals surface area contributed by atoms with E-state index in [0.717, 1.165) is 47.7 Å². The minimum atomic E-state index is 0.127. The third-order valence-corrected chi connectivity index (χ3v) is 5.05. The Morgan fingerprint density at radius 1 is 1.22 bits per heavy atom.